The number of pyridine rings is 1. The van der Waals surface area contributed by atoms with Crippen LogP contribution in [0.1, 0.15) is 16.8 Å². The van der Waals surface area contributed by atoms with Crippen LogP contribution in [0.2, 0.25) is 0 Å². The number of hydrogen-bond acceptors (Lipinski definition) is 2. The predicted octanol–water partition coefficient (Wildman–Crippen LogP) is 4.99. The molecule has 0 spiro atoms. The molecular weight excluding hydrogens is 244 g/mol. The molecule has 0 radical (unpaired) electrons. The molecule has 0 aliphatic carbocycles. The molecule has 0 unspecified atom stereocenters. The molecule has 0 atom stereocenters. The van der Waals surface area contributed by atoms with Crippen LogP contribution in [0.4, 0.5) is 0 Å². The van der Waals surface area contributed by atoms with Crippen LogP contribution in [0.15, 0.2) is 48.5 Å². The zero-order valence-electron chi connectivity index (χ0n) is 12.3. The summed E-state index contributed by atoms with van der Waals surface area (Å²) in [4.78, 5) is 4.83. The van der Waals surface area contributed by atoms with Gasteiger partial charge in [0.2, 0.25) is 0 Å². The van der Waals surface area contributed by atoms with Gasteiger partial charge in [-0.1, -0.05) is 48.5 Å². The summed E-state index contributed by atoms with van der Waals surface area (Å²) in [5, 5.41) is 2.55. The van der Waals surface area contributed by atoms with Crippen molar-refractivity contribution < 1.29 is 0 Å². The van der Waals surface area contributed by atoms with Crippen LogP contribution in [-0.2, 0) is 0 Å². The molecule has 0 aliphatic heterocycles. The van der Waals surface area contributed by atoms with Crippen molar-refractivity contribution in [1.29, 1.82) is 0 Å². The van der Waals surface area contributed by atoms with Crippen molar-refractivity contribution in [2.75, 3.05) is 0 Å². The number of aromatic nitrogens is 1. The lowest BCUT2D eigenvalue weighted by Crippen LogP contribution is -1.95. The van der Waals surface area contributed by atoms with Gasteiger partial charge in [-0.25, -0.2) is 0 Å². The van der Waals surface area contributed by atoms with E-state index in [2.05, 4.69) is 69.3 Å². The minimum atomic E-state index is 0. The first-order chi connectivity index (χ1) is 9.18. The van der Waals surface area contributed by atoms with Crippen molar-refractivity contribution in [3.63, 3.8) is 0 Å². The van der Waals surface area contributed by atoms with E-state index in [1.54, 1.807) is 0 Å². The summed E-state index contributed by atoms with van der Waals surface area (Å²) in [6.07, 6.45) is 0. The van der Waals surface area contributed by atoms with Crippen LogP contribution in [0, 0.1) is 20.8 Å². The maximum Gasteiger partial charge on any atom is 0.0743 e. The Kier molecular flexibility index (Phi) is 3.86. The molecule has 3 aromatic rings. The van der Waals surface area contributed by atoms with Gasteiger partial charge in [0.05, 0.1) is 5.69 Å². The van der Waals surface area contributed by atoms with E-state index in [1.807, 2.05) is 0 Å². The van der Waals surface area contributed by atoms with Crippen LogP contribution >= 0.6 is 0 Å². The van der Waals surface area contributed by atoms with Crippen LogP contribution < -0.4 is 6.15 Å². The molecule has 3 N–H and O–H groups in total. The highest BCUT2D eigenvalue weighted by Crippen LogP contribution is 2.30. The summed E-state index contributed by atoms with van der Waals surface area (Å²) in [5.74, 6) is 0. The Labute approximate surface area is 120 Å². The van der Waals surface area contributed by atoms with E-state index in [4.69, 9.17) is 4.98 Å². The van der Waals surface area contributed by atoms with Crippen LogP contribution in [0.5, 0.6) is 0 Å². The van der Waals surface area contributed by atoms with Gasteiger partial charge in [-0.2, -0.15) is 0 Å². The van der Waals surface area contributed by atoms with Gasteiger partial charge in [-0.15, -0.1) is 0 Å². The summed E-state index contributed by atoms with van der Waals surface area (Å²) < 4.78 is 0. The first-order valence-corrected chi connectivity index (χ1v) is 6.60. The molecule has 3 rings (SSSR count). The number of rotatable bonds is 1. The van der Waals surface area contributed by atoms with Crippen LogP contribution in [0.3, 0.4) is 0 Å². The second-order valence-corrected chi connectivity index (χ2v) is 5.03. The van der Waals surface area contributed by atoms with E-state index in [-0.39, 0.29) is 6.15 Å². The van der Waals surface area contributed by atoms with Crippen molar-refractivity contribution in [3.05, 3.63) is 65.4 Å². The van der Waals surface area contributed by atoms with Crippen molar-refractivity contribution >= 4 is 10.8 Å². The minimum absolute atomic E-state index is 0. The normalized spacial score (nSPS) is 10.3. The smallest absolute Gasteiger partial charge is 0.0743 e. The van der Waals surface area contributed by atoms with Gasteiger partial charge in [0.1, 0.15) is 0 Å². The van der Waals surface area contributed by atoms with Gasteiger partial charge >= 0.3 is 0 Å². The fourth-order valence-corrected chi connectivity index (χ4v) is 2.67. The van der Waals surface area contributed by atoms with E-state index < -0.39 is 0 Å². The lowest BCUT2D eigenvalue weighted by Gasteiger charge is -2.13. The summed E-state index contributed by atoms with van der Waals surface area (Å²) in [6.45, 7) is 6.39. The fourth-order valence-electron chi connectivity index (χ4n) is 2.67. The lowest BCUT2D eigenvalue weighted by atomic mass is 9.97. The summed E-state index contributed by atoms with van der Waals surface area (Å²) in [7, 11) is 0. The van der Waals surface area contributed by atoms with E-state index >= 15 is 0 Å². The fraction of sp³-hybridized carbons (Fsp3) is 0.167. The number of benzene rings is 2. The van der Waals surface area contributed by atoms with Gasteiger partial charge in [0, 0.05) is 16.6 Å². The second-order valence-electron chi connectivity index (χ2n) is 5.03. The third-order valence-corrected chi connectivity index (χ3v) is 3.76. The van der Waals surface area contributed by atoms with Gasteiger partial charge in [-0.05, 0) is 37.3 Å². The van der Waals surface area contributed by atoms with Crippen LogP contribution in [-0.4, -0.2) is 4.98 Å². The van der Waals surface area contributed by atoms with Gasteiger partial charge < -0.3 is 6.15 Å². The molecule has 1 heterocycles. The van der Waals surface area contributed by atoms with Crippen molar-refractivity contribution in [2.45, 2.75) is 20.8 Å². The molecular formula is C18H20N2. The van der Waals surface area contributed by atoms with E-state index in [9.17, 15) is 0 Å². The minimum Gasteiger partial charge on any atom is -0.344 e. The topological polar surface area (TPSA) is 47.9 Å². The highest BCUT2D eigenvalue weighted by Gasteiger charge is 2.11. The van der Waals surface area contributed by atoms with Gasteiger partial charge in [0.25, 0.3) is 0 Å². The maximum atomic E-state index is 4.83. The SMILES string of the molecule is Cc1ccccc1-c1nc(C)c2ccccc2c1C.N. The maximum absolute atomic E-state index is 4.83. The highest BCUT2D eigenvalue weighted by molar-refractivity contribution is 5.91. The average molecular weight is 264 g/mol. The third-order valence-electron chi connectivity index (χ3n) is 3.76. The Balaban J connectivity index is 0.00000147. The summed E-state index contributed by atoms with van der Waals surface area (Å²) in [5.41, 5.74) is 5.96. The highest BCUT2D eigenvalue weighted by atomic mass is 14.7. The number of hydrogen-bond donors (Lipinski definition) is 1. The Morgan fingerprint density at radius 3 is 2.05 bits per heavy atom. The number of fused-ring (bicyclic) bond motifs is 1. The molecule has 2 nitrogen and oxygen atoms in total. The molecule has 0 fully saturated rings. The molecule has 102 valence electrons. The Hall–Kier alpha value is -2.19. The molecule has 0 bridgehead atoms. The monoisotopic (exact) mass is 264 g/mol. The average Bonchev–Trinajstić information content (AvgIpc) is 2.44. The van der Waals surface area contributed by atoms with Gasteiger partial charge in [0.15, 0.2) is 0 Å². The zero-order chi connectivity index (χ0) is 13.4. The predicted molar refractivity (Wildman–Crippen MR) is 86.4 cm³/mol. The summed E-state index contributed by atoms with van der Waals surface area (Å²) in [6, 6.07) is 16.9. The lowest BCUT2D eigenvalue weighted by molar-refractivity contribution is 1.20. The van der Waals surface area contributed by atoms with Crippen LogP contribution in [0.25, 0.3) is 22.0 Å². The number of aryl methyl sites for hydroxylation is 3. The van der Waals surface area contributed by atoms with Crippen molar-refractivity contribution in [2.24, 2.45) is 0 Å². The Morgan fingerprint density at radius 1 is 0.750 bits per heavy atom. The number of nitrogens with zero attached hydrogens (tertiary/aromatic N) is 1. The molecule has 0 aliphatic rings. The Bertz CT molecular complexity index is 760. The van der Waals surface area contributed by atoms with Crippen molar-refractivity contribution in [1.82, 2.24) is 11.1 Å². The molecule has 0 saturated heterocycles. The standard InChI is InChI=1S/C18H17N.H3N/c1-12-8-4-5-9-15(12)18-13(2)16-10-6-7-11-17(16)14(3)19-18;/h4-11H,1-3H3;1H3. The van der Waals surface area contributed by atoms with E-state index in [0.29, 0.717) is 0 Å². The van der Waals surface area contributed by atoms with Crippen molar-refractivity contribution in [3.8, 4) is 11.3 Å². The second kappa shape index (κ2) is 5.43. The van der Waals surface area contributed by atoms with E-state index in [0.717, 1.165) is 11.4 Å². The summed E-state index contributed by atoms with van der Waals surface area (Å²) >= 11 is 0. The first-order valence-electron chi connectivity index (χ1n) is 6.60. The van der Waals surface area contributed by atoms with E-state index in [1.165, 1.54) is 27.5 Å². The molecule has 2 aromatic carbocycles. The molecule has 1 aromatic heterocycles. The first kappa shape index (κ1) is 14.2. The third kappa shape index (κ3) is 2.19. The molecule has 0 saturated carbocycles. The van der Waals surface area contributed by atoms with Gasteiger partial charge in [-0.3, -0.25) is 4.98 Å². The quantitative estimate of drug-likeness (QED) is 0.673. The zero-order valence-corrected chi connectivity index (χ0v) is 12.3. The Morgan fingerprint density at radius 2 is 1.35 bits per heavy atom. The molecule has 2 heteroatoms. The molecule has 0 amide bonds. The molecule has 20 heavy (non-hydrogen) atoms. The largest absolute Gasteiger partial charge is 0.344 e.